The molecule has 0 spiro atoms. The third kappa shape index (κ3) is 2.51. The normalized spacial score (nSPS) is 12.1. The van der Waals surface area contributed by atoms with Gasteiger partial charge in [-0.05, 0) is 0 Å². The SMILES string of the molecule is C=CCC(F)C(=O)c1ccccc1. The quantitative estimate of drug-likeness (QED) is 0.511. The van der Waals surface area contributed by atoms with Crippen molar-refractivity contribution < 1.29 is 9.18 Å². The van der Waals surface area contributed by atoms with E-state index in [1.165, 1.54) is 6.08 Å². The highest BCUT2D eigenvalue weighted by atomic mass is 19.1. The van der Waals surface area contributed by atoms with E-state index >= 15 is 0 Å². The van der Waals surface area contributed by atoms with Crippen molar-refractivity contribution in [1.82, 2.24) is 0 Å². The molecule has 0 aromatic heterocycles. The summed E-state index contributed by atoms with van der Waals surface area (Å²) in [5, 5.41) is 0. The number of rotatable bonds is 4. The number of carbonyl (C=O) groups excluding carboxylic acids is 1. The summed E-state index contributed by atoms with van der Waals surface area (Å²) in [6.45, 7) is 3.38. The zero-order valence-corrected chi connectivity index (χ0v) is 7.24. The Hall–Kier alpha value is -1.44. The molecule has 1 nitrogen and oxygen atoms in total. The maximum absolute atomic E-state index is 13.1. The molecule has 0 saturated heterocycles. The number of Topliss-reactive ketones (excluding diaryl/α,β-unsaturated/α-hetero) is 1. The minimum Gasteiger partial charge on any atom is -0.291 e. The number of ketones is 1. The van der Waals surface area contributed by atoms with Gasteiger partial charge in [0, 0.05) is 12.0 Å². The Morgan fingerprint density at radius 3 is 2.62 bits per heavy atom. The predicted molar refractivity (Wildman–Crippen MR) is 50.5 cm³/mol. The Labute approximate surface area is 76.9 Å². The molecular weight excluding hydrogens is 167 g/mol. The van der Waals surface area contributed by atoms with Crippen molar-refractivity contribution in [3.05, 3.63) is 48.6 Å². The maximum atomic E-state index is 13.1. The first-order valence-corrected chi connectivity index (χ1v) is 4.10. The molecule has 0 bridgehead atoms. The molecule has 0 aliphatic heterocycles. The van der Waals surface area contributed by atoms with E-state index in [1.54, 1.807) is 30.3 Å². The number of hydrogen-bond acceptors (Lipinski definition) is 1. The van der Waals surface area contributed by atoms with E-state index in [0.717, 1.165) is 0 Å². The van der Waals surface area contributed by atoms with Gasteiger partial charge in [-0.25, -0.2) is 4.39 Å². The molecule has 0 radical (unpaired) electrons. The lowest BCUT2D eigenvalue weighted by atomic mass is 10.1. The van der Waals surface area contributed by atoms with Crippen molar-refractivity contribution in [3.63, 3.8) is 0 Å². The van der Waals surface area contributed by atoms with Crippen molar-refractivity contribution in [2.45, 2.75) is 12.6 Å². The number of benzene rings is 1. The summed E-state index contributed by atoms with van der Waals surface area (Å²) in [4.78, 5) is 11.3. The van der Waals surface area contributed by atoms with Crippen LogP contribution in [0.5, 0.6) is 0 Å². The van der Waals surface area contributed by atoms with Gasteiger partial charge in [-0.2, -0.15) is 0 Å². The maximum Gasteiger partial charge on any atom is 0.197 e. The van der Waals surface area contributed by atoms with Crippen LogP contribution in [0, 0.1) is 0 Å². The summed E-state index contributed by atoms with van der Waals surface area (Å²) in [6.07, 6.45) is 0.0269. The molecule has 1 aromatic carbocycles. The molecule has 0 amide bonds. The van der Waals surface area contributed by atoms with Crippen LogP contribution in [0.15, 0.2) is 43.0 Å². The zero-order valence-electron chi connectivity index (χ0n) is 7.24. The predicted octanol–water partition coefficient (Wildman–Crippen LogP) is 2.78. The van der Waals surface area contributed by atoms with Gasteiger partial charge in [0.05, 0.1) is 0 Å². The molecule has 1 rings (SSSR count). The van der Waals surface area contributed by atoms with Crippen LogP contribution < -0.4 is 0 Å². The minimum absolute atomic E-state index is 0.0771. The third-order valence-corrected chi connectivity index (χ3v) is 1.72. The van der Waals surface area contributed by atoms with E-state index in [1.807, 2.05) is 0 Å². The van der Waals surface area contributed by atoms with Gasteiger partial charge in [0.15, 0.2) is 12.0 Å². The molecule has 0 aliphatic carbocycles. The van der Waals surface area contributed by atoms with Crippen molar-refractivity contribution >= 4 is 5.78 Å². The van der Waals surface area contributed by atoms with Crippen molar-refractivity contribution in [3.8, 4) is 0 Å². The Balaban J connectivity index is 2.73. The Bertz CT molecular complexity index is 292. The van der Waals surface area contributed by atoms with Crippen LogP contribution in [0.3, 0.4) is 0 Å². The van der Waals surface area contributed by atoms with Crippen molar-refractivity contribution in [2.24, 2.45) is 0 Å². The Morgan fingerprint density at radius 1 is 1.46 bits per heavy atom. The zero-order chi connectivity index (χ0) is 9.68. The van der Waals surface area contributed by atoms with Crippen molar-refractivity contribution in [2.75, 3.05) is 0 Å². The van der Waals surface area contributed by atoms with Gasteiger partial charge in [0.25, 0.3) is 0 Å². The van der Waals surface area contributed by atoms with E-state index in [4.69, 9.17) is 0 Å². The monoisotopic (exact) mass is 178 g/mol. The Morgan fingerprint density at radius 2 is 2.08 bits per heavy atom. The summed E-state index contributed by atoms with van der Waals surface area (Å²) in [5.74, 6) is -0.472. The van der Waals surface area contributed by atoms with E-state index in [-0.39, 0.29) is 6.42 Å². The molecule has 0 heterocycles. The number of carbonyl (C=O) groups is 1. The molecule has 0 aliphatic rings. The fourth-order valence-electron chi connectivity index (χ4n) is 1.04. The molecule has 13 heavy (non-hydrogen) atoms. The second kappa shape index (κ2) is 4.55. The lowest BCUT2D eigenvalue weighted by Crippen LogP contribution is -2.14. The van der Waals surface area contributed by atoms with Gasteiger partial charge in [0.1, 0.15) is 0 Å². The van der Waals surface area contributed by atoms with Gasteiger partial charge in [-0.1, -0.05) is 36.4 Å². The lowest BCUT2D eigenvalue weighted by molar-refractivity contribution is 0.0880. The first-order valence-electron chi connectivity index (χ1n) is 4.10. The van der Waals surface area contributed by atoms with Crippen LogP contribution in [-0.4, -0.2) is 12.0 Å². The van der Waals surface area contributed by atoms with Crippen molar-refractivity contribution in [1.29, 1.82) is 0 Å². The highest BCUT2D eigenvalue weighted by Gasteiger charge is 2.16. The Kier molecular flexibility index (Phi) is 3.38. The van der Waals surface area contributed by atoms with E-state index < -0.39 is 12.0 Å². The summed E-state index contributed by atoms with van der Waals surface area (Å²) in [7, 11) is 0. The van der Waals surface area contributed by atoms with Gasteiger partial charge in [-0.3, -0.25) is 4.79 Å². The topological polar surface area (TPSA) is 17.1 Å². The largest absolute Gasteiger partial charge is 0.291 e. The molecule has 2 heteroatoms. The van der Waals surface area contributed by atoms with E-state index in [2.05, 4.69) is 6.58 Å². The van der Waals surface area contributed by atoms with Gasteiger partial charge in [0.2, 0.25) is 0 Å². The average molecular weight is 178 g/mol. The van der Waals surface area contributed by atoms with Crippen LogP contribution in [0.4, 0.5) is 4.39 Å². The van der Waals surface area contributed by atoms with Crippen LogP contribution in [0.25, 0.3) is 0 Å². The molecule has 1 aromatic rings. The first-order chi connectivity index (χ1) is 6.25. The highest BCUT2D eigenvalue weighted by Crippen LogP contribution is 2.09. The third-order valence-electron chi connectivity index (χ3n) is 1.72. The second-order valence-electron chi connectivity index (χ2n) is 2.72. The van der Waals surface area contributed by atoms with Gasteiger partial charge < -0.3 is 0 Å². The van der Waals surface area contributed by atoms with Gasteiger partial charge in [-0.15, -0.1) is 6.58 Å². The fraction of sp³-hybridized carbons (Fsp3) is 0.182. The fourth-order valence-corrected chi connectivity index (χ4v) is 1.04. The molecule has 1 atom stereocenters. The van der Waals surface area contributed by atoms with Crippen LogP contribution in [0.1, 0.15) is 16.8 Å². The molecular formula is C11H11FO. The number of alkyl halides is 1. The lowest BCUT2D eigenvalue weighted by Gasteiger charge is -2.03. The highest BCUT2D eigenvalue weighted by molar-refractivity contribution is 5.99. The summed E-state index contributed by atoms with van der Waals surface area (Å²) in [6, 6.07) is 8.44. The van der Waals surface area contributed by atoms with Gasteiger partial charge >= 0.3 is 0 Å². The molecule has 1 unspecified atom stereocenters. The second-order valence-corrected chi connectivity index (χ2v) is 2.72. The van der Waals surface area contributed by atoms with E-state index in [9.17, 15) is 9.18 Å². The number of halogens is 1. The summed E-state index contributed by atoms with van der Waals surface area (Å²) in [5.41, 5.74) is 0.414. The summed E-state index contributed by atoms with van der Waals surface area (Å²) < 4.78 is 13.1. The first kappa shape index (κ1) is 9.65. The van der Waals surface area contributed by atoms with E-state index in [0.29, 0.717) is 5.56 Å². The average Bonchev–Trinajstić information content (AvgIpc) is 2.18. The standard InChI is InChI=1S/C11H11FO/c1-2-6-10(12)11(13)9-7-4-3-5-8-9/h2-5,7-8,10H,1,6H2. The van der Waals surface area contributed by atoms with Crippen LogP contribution in [-0.2, 0) is 0 Å². The number of allylic oxidation sites excluding steroid dienone is 1. The summed E-state index contributed by atoms with van der Waals surface area (Å²) >= 11 is 0. The minimum atomic E-state index is -1.46. The molecule has 0 fully saturated rings. The smallest absolute Gasteiger partial charge is 0.197 e. The van der Waals surface area contributed by atoms with Crippen LogP contribution >= 0.6 is 0 Å². The molecule has 0 N–H and O–H groups in total. The molecule has 0 saturated carbocycles. The number of hydrogen-bond donors (Lipinski definition) is 0. The van der Waals surface area contributed by atoms with Crippen LogP contribution in [0.2, 0.25) is 0 Å². The molecule has 68 valence electrons.